The summed E-state index contributed by atoms with van der Waals surface area (Å²) in [6.07, 6.45) is 0. The van der Waals surface area contributed by atoms with Crippen molar-refractivity contribution < 1.29 is 24.6 Å². The molecular weight excluding hydrogens is 248 g/mol. The number of carbonyl (C=O) groups is 3. The molecule has 98 valence electrons. The van der Waals surface area contributed by atoms with Crippen molar-refractivity contribution in [3.63, 3.8) is 0 Å². The van der Waals surface area contributed by atoms with E-state index in [1.807, 2.05) is 0 Å². The zero-order valence-corrected chi connectivity index (χ0v) is 10.2. The Hall–Kier alpha value is -1.28. The van der Waals surface area contributed by atoms with Crippen LogP contribution < -0.4 is 10.6 Å². The number of hydrogen-bond donors (Lipinski definition) is 4. The van der Waals surface area contributed by atoms with E-state index in [0.29, 0.717) is 0 Å². The minimum absolute atomic E-state index is 0.0867. The van der Waals surface area contributed by atoms with Gasteiger partial charge in [-0.25, -0.2) is 4.79 Å². The number of rotatable bonds is 8. The van der Waals surface area contributed by atoms with Gasteiger partial charge in [0.05, 0.1) is 12.4 Å². The van der Waals surface area contributed by atoms with Crippen LogP contribution in [0.4, 0.5) is 0 Å². The molecule has 2 amide bonds. The van der Waals surface area contributed by atoms with E-state index in [4.69, 9.17) is 10.2 Å². The summed E-state index contributed by atoms with van der Waals surface area (Å²) in [7, 11) is 0. The van der Waals surface area contributed by atoms with E-state index >= 15 is 0 Å². The van der Waals surface area contributed by atoms with Gasteiger partial charge in [-0.3, -0.25) is 9.59 Å². The molecule has 0 aliphatic rings. The maximum atomic E-state index is 11.1. The monoisotopic (exact) mass is 264 g/mol. The maximum absolute atomic E-state index is 11.1. The van der Waals surface area contributed by atoms with Gasteiger partial charge in [-0.05, 0) is 0 Å². The highest BCUT2D eigenvalue weighted by Crippen LogP contribution is 2.03. The Labute approximate surface area is 103 Å². The van der Waals surface area contributed by atoms with Crippen LogP contribution in [0.1, 0.15) is 6.92 Å². The first kappa shape index (κ1) is 15.7. The zero-order chi connectivity index (χ0) is 13.3. The lowest BCUT2D eigenvalue weighted by Crippen LogP contribution is -2.41. The summed E-state index contributed by atoms with van der Waals surface area (Å²) < 4.78 is 0. The molecule has 0 saturated carbocycles. The molecule has 0 unspecified atom stereocenters. The van der Waals surface area contributed by atoms with E-state index in [1.165, 1.54) is 6.92 Å². The molecule has 0 aliphatic heterocycles. The molecule has 0 radical (unpaired) electrons. The van der Waals surface area contributed by atoms with Crippen LogP contribution in [0.3, 0.4) is 0 Å². The van der Waals surface area contributed by atoms with Crippen LogP contribution in [0.25, 0.3) is 0 Å². The van der Waals surface area contributed by atoms with Crippen molar-refractivity contribution in [3.8, 4) is 0 Å². The summed E-state index contributed by atoms with van der Waals surface area (Å²) in [4.78, 5) is 32.5. The van der Waals surface area contributed by atoms with Gasteiger partial charge in [0, 0.05) is 19.2 Å². The molecule has 0 aromatic carbocycles. The predicted molar refractivity (Wildman–Crippen MR) is 62.7 cm³/mol. The smallest absolute Gasteiger partial charge is 0.327 e. The highest BCUT2D eigenvalue weighted by atomic mass is 32.2. The molecule has 0 aromatic rings. The van der Waals surface area contributed by atoms with Crippen molar-refractivity contribution >= 4 is 29.5 Å². The predicted octanol–water partition coefficient (Wildman–Crippen LogP) is -1.58. The van der Waals surface area contributed by atoms with Gasteiger partial charge in [0.15, 0.2) is 0 Å². The summed E-state index contributed by atoms with van der Waals surface area (Å²) in [6, 6.07) is -0.997. The fourth-order valence-corrected chi connectivity index (χ4v) is 1.80. The van der Waals surface area contributed by atoms with Gasteiger partial charge in [-0.1, -0.05) is 0 Å². The molecule has 0 saturated heterocycles. The van der Waals surface area contributed by atoms with Crippen molar-refractivity contribution in [2.45, 2.75) is 13.0 Å². The Morgan fingerprint density at radius 3 is 2.47 bits per heavy atom. The fourth-order valence-electron chi connectivity index (χ4n) is 0.936. The molecule has 7 nitrogen and oxygen atoms in total. The van der Waals surface area contributed by atoms with Crippen LogP contribution in [0, 0.1) is 0 Å². The molecule has 0 bridgehead atoms. The molecule has 0 aliphatic carbocycles. The first-order chi connectivity index (χ1) is 7.97. The third-order valence-corrected chi connectivity index (χ3v) is 2.66. The third kappa shape index (κ3) is 8.52. The van der Waals surface area contributed by atoms with E-state index in [-0.39, 0.29) is 30.6 Å². The molecule has 1 atom stereocenters. The second-order valence-corrected chi connectivity index (χ2v) is 4.21. The molecule has 4 N–H and O–H groups in total. The Balaban J connectivity index is 3.85. The minimum atomic E-state index is -1.14. The number of carboxylic acids is 1. The molecule has 0 fully saturated rings. The summed E-state index contributed by atoms with van der Waals surface area (Å²) >= 11 is 1.10. The number of carbonyl (C=O) groups excluding carboxylic acids is 2. The first-order valence-electron chi connectivity index (χ1n) is 4.92. The van der Waals surface area contributed by atoms with Crippen LogP contribution in [0.5, 0.6) is 0 Å². The topological polar surface area (TPSA) is 116 Å². The van der Waals surface area contributed by atoms with Crippen LogP contribution in [0.2, 0.25) is 0 Å². The summed E-state index contributed by atoms with van der Waals surface area (Å²) in [5, 5.41) is 21.9. The molecule has 0 spiro atoms. The number of thioether (sulfide) groups is 1. The lowest BCUT2D eigenvalue weighted by molar-refractivity contribution is -0.140. The van der Waals surface area contributed by atoms with E-state index in [0.717, 1.165) is 11.8 Å². The van der Waals surface area contributed by atoms with Gasteiger partial charge >= 0.3 is 5.97 Å². The molecule has 0 aromatic heterocycles. The lowest BCUT2D eigenvalue weighted by Gasteiger charge is -2.12. The Morgan fingerprint density at radius 1 is 1.35 bits per heavy atom. The van der Waals surface area contributed by atoms with Crippen molar-refractivity contribution in [2.24, 2.45) is 0 Å². The summed E-state index contributed by atoms with van der Waals surface area (Å²) in [5.74, 6) is -1.65. The summed E-state index contributed by atoms with van der Waals surface area (Å²) in [6.45, 7) is 1.27. The molecular formula is C9H16N2O5S. The second-order valence-electron chi connectivity index (χ2n) is 3.18. The minimum Gasteiger partial charge on any atom is -0.480 e. The SMILES string of the molecule is CC(=O)N[C@@H](CSCC(=O)NCCO)C(=O)O. The van der Waals surface area contributed by atoms with Crippen molar-refractivity contribution in [1.29, 1.82) is 0 Å². The maximum Gasteiger partial charge on any atom is 0.327 e. The number of hydrogen-bond acceptors (Lipinski definition) is 5. The average molecular weight is 264 g/mol. The highest BCUT2D eigenvalue weighted by molar-refractivity contribution is 8.00. The summed E-state index contributed by atoms with van der Waals surface area (Å²) in [5.41, 5.74) is 0. The van der Waals surface area contributed by atoms with Gasteiger partial charge in [0.1, 0.15) is 6.04 Å². The van der Waals surface area contributed by atoms with E-state index in [9.17, 15) is 14.4 Å². The average Bonchev–Trinajstić information content (AvgIpc) is 2.24. The molecule has 17 heavy (non-hydrogen) atoms. The van der Waals surface area contributed by atoms with Gasteiger partial charge in [0.25, 0.3) is 0 Å². The van der Waals surface area contributed by atoms with E-state index < -0.39 is 17.9 Å². The second kappa shape index (κ2) is 8.82. The first-order valence-corrected chi connectivity index (χ1v) is 6.08. The van der Waals surface area contributed by atoms with Crippen molar-refractivity contribution in [1.82, 2.24) is 10.6 Å². The largest absolute Gasteiger partial charge is 0.480 e. The van der Waals surface area contributed by atoms with E-state index in [2.05, 4.69) is 10.6 Å². The standard InChI is InChI=1S/C9H16N2O5S/c1-6(13)11-7(9(15)16)4-17-5-8(14)10-2-3-12/h7,12H,2-5H2,1H3,(H,10,14)(H,11,13)(H,15,16)/t7-/m0/s1. The lowest BCUT2D eigenvalue weighted by atomic mass is 10.3. The number of carboxylic acid groups (broad SMARTS) is 1. The van der Waals surface area contributed by atoms with Crippen LogP contribution in [-0.2, 0) is 14.4 Å². The van der Waals surface area contributed by atoms with Crippen LogP contribution in [0.15, 0.2) is 0 Å². The number of aliphatic hydroxyl groups excluding tert-OH is 1. The normalized spacial score (nSPS) is 11.6. The van der Waals surface area contributed by atoms with Gasteiger partial charge in [-0.2, -0.15) is 0 Å². The highest BCUT2D eigenvalue weighted by Gasteiger charge is 2.18. The molecule has 8 heteroatoms. The molecule has 0 heterocycles. The number of amides is 2. The third-order valence-electron chi connectivity index (χ3n) is 1.63. The number of aliphatic hydroxyl groups is 1. The van der Waals surface area contributed by atoms with E-state index in [1.54, 1.807) is 0 Å². The van der Waals surface area contributed by atoms with Gasteiger partial charge < -0.3 is 20.8 Å². The zero-order valence-electron chi connectivity index (χ0n) is 9.43. The quantitative estimate of drug-likeness (QED) is 0.420. The van der Waals surface area contributed by atoms with Gasteiger partial charge in [-0.15, -0.1) is 11.8 Å². The van der Waals surface area contributed by atoms with Crippen LogP contribution >= 0.6 is 11.8 Å². The van der Waals surface area contributed by atoms with Crippen molar-refractivity contribution in [2.75, 3.05) is 24.7 Å². The van der Waals surface area contributed by atoms with Gasteiger partial charge in [0.2, 0.25) is 11.8 Å². The Bertz CT molecular complexity index is 285. The number of nitrogens with one attached hydrogen (secondary N) is 2. The molecule has 0 rings (SSSR count). The fraction of sp³-hybridized carbons (Fsp3) is 0.667. The Kier molecular flexibility index (Phi) is 8.16. The number of aliphatic carboxylic acids is 1. The Morgan fingerprint density at radius 2 is 2.00 bits per heavy atom. The van der Waals surface area contributed by atoms with Crippen molar-refractivity contribution in [3.05, 3.63) is 0 Å². The van der Waals surface area contributed by atoms with Crippen LogP contribution in [-0.4, -0.2) is 58.7 Å².